The van der Waals surface area contributed by atoms with E-state index in [1.54, 1.807) is 0 Å². The maximum atomic E-state index is 3.43. The molecule has 1 unspecified atom stereocenters. The lowest BCUT2D eigenvalue weighted by molar-refractivity contribution is 0.0477. The number of piperidine rings is 1. The van der Waals surface area contributed by atoms with Crippen LogP contribution in [0, 0.1) is 5.41 Å². The van der Waals surface area contributed by atoms with Crippen molar-refractivity contribution < 1.29 is 0 Å². The summed E-state index contributed by atoms with van der Waals surface area (Å²) in [7, 11) is 2.09. The molecule has 0 aromatic rings. The quantitative estimate of drug-likeness (QED) is 0.796. The molecule has 0 radical (unpaired) electrons. The Labute approximate surface area is 102 Å². The third-order valence-corrected chi connectivity index (χ3v) is 3.65. The Morgan fingerprint density at radius 1 is 1.19 bits per heavy atom. The molecule has 2 heteroatoms. The van der Waals surface area contributed by atoms with Gasteiger partial charge in [-0.15, -0.1) is 0 Å². The Morgan fingerprint density at radius 3 is 2.31 bits per heavy atom. The molecular weight excluding hydrogens is 196 g/mol. The SMILES string of the molecule is CNC1CCCN(C(C)(C)CC(C)(C)C)C1. The topological polar surface area (TPSA) is 15.3 Å². The maximum absolute atomic E-state index is 3.43. The molecule has 96 valence electrons. The second-order valence-corrected chi connectivity index (χ2v) is 7.12. The van der Waals surface area contributed by atoms with Crippen molar-refractivity contribution in [2.24, 2.45) is 5.41 Å². The summed E-state index contributed by atoms with van der Waals surface area (Å²) in [4.78, 5) is 2.67. The lowest BCUT2D eigenvalue weighted by Crippen LogP contribution is -2.54. The van der Waals surface area contributed by atoms with Crippen molar-refractivity contribution in [3.63, 3.8) is 0 Å². The van der Waals surface area contributed by atoms with E-state index in [0.29, 0.717) is 17.0 Å². The molecule has 1 N–H and O–H groups in total. The predicted molar refractivity (Wildman–Crippen MR) is 71.8 cm³/mol. The molecule has 0 aromatic heterocycles. The van der Waals surface area contributed by atoms with Gasteiger partial charge in [0.1, 0.15) is 0 Å². The van der Waals surface area contributed by atoms with Crippen molar-refractivity contribution in [2.75, 3.05) is 20.1 Å². The van der Waals surface area contributed by atoms with Crippen LogP contribution in [-0.2, 0) is 0 Å². The number of nitrogens with one attached hydrogen (secondary N) is 1. The van der Waals surface area contributed by atoms with Crippen LogP contribution in [0.4, 0.5) is 0 Å². The first-order chi connectivity index (χ1) is 7.24. The highest BCUT2D eigenvalue weighted by molar-refractivity contribution is 4.90. The van der Waals surface area contributed by atoms with Gasteiger partial charge in [0.2, 0.25) is 0 Å². The summed E-state index contributed by atoms with van der Waals surface area (Å²) in [6, 6.07) is 0.688. The summed E-state index contributed by atoms with van der Waals surface area (Å²) < 4.78 is 0. The van der Waals surface area contributed by atoms with Gasteiger partial charge in [-0.05, 0) is 52.1 Å². The molecule has 16 heavy (non-hydrogen) atoms. The fourth-order valence-corrected chi connectivity index (χ4v) is 3.17. The van der Waals surface area contributed by atoms with E-state index in [2.05, 4.69) is 51.9 Å². The molecule has 1 rings (SSSR count). The fourth-order valence-electron chi connectivity index (χ4n) is 3.17. The van der Waals surface area contributed by atoms with E-state index in [0.717, 1.165) is 0 Å². The molecule has 1 saturated heterocycles. The zero-order valence-electron chi connectivity index (χ0n) is 12.1. The highest BCUT2D eigenvalue weighted by Gasteiger charge is 2.33. The molecule has 1 aliphatic heterocycles. The van der Waals surface area contributed by atoms with E-state index in [9.17, 15) is 0 Å². The predicted octanol–water partition coefficient (Wildman–Crippen LogP) is 2.89. The minimum Gasteiger partial charge on any atom is -0.316 e. The average Bonchev–Trinajstić information content (AvgIpc) is 2.14. The molecule has 0 aromatic carbocycles. The molecule has 1 atom stereocenters. The lowest BCUT2D eigenvalue weighted by atomic mass is 9.80. The van der Waals surface area contributed by atoms with Crippen molar-refractivity contribution in [3.8, 4) is 0 Å². The summed E-state index contributed by atoms with van der Waals surface area (Å²) in [6.45, 7) is 14.3. The number of rotatable bonds is 3. The van der Waals surface area contributed by atoms with Crippen LogP contribution in [0.15, 0.2) is 0 Å². The van der Waals surface area contributed by atoms with Crippen LogP contribution < -0.4 is 5.32 Å². The Hall–Kier alpha value is -0.0800. The van der Waals surface area contributed by atoms with Gasteiger partial charge in [0.05, 0.1) is 0 Å². The van der Waals surface area contributed by atoms with Crippen molar-refractivity contribution in [2.45, 2.75) is 65.5 Å². The molecule has 0 amide bonds. The third-order valence-electron chi connectivity index (χ3n) is 3.65. The number of likely N-dealkylation sites (tertiary alicyclic amines) is 1. The fraction of sp³-hybridized carbons (Fsp3) is 1.00. The number of hydrogen-bond donors (Lipinski definition) is 1. The summed E-state index contributed by atoms with van der Waals surface area (Å²) in [5.74, 6) is 0. The second kappa shape index (κ2) is 5.05. The van der Waals surface area contributed by atoms with Crippen LogP contribution >= 0.6 is 0 Å². The third kappa shape index (κ3) is 4.06. The van der Waals surface area contributed by atoms with E-state index in [1.165, 1.54) is 32.4 Å². The largest absolute Gasteiger partial charge is 0.316 e. The van der Waals surface area contributed by atoms with Crippen molar-refractivity contribution in [1.29, 1.82) is 0 Å². The van der Waals surface area contributed by atoms with E-state index in [4.69, 9.17) is 0 Å². The molecule has 0 saturated carbocycles. The average molecular weight is 226 g/mol. The van der Waals surface area contributed by atoms with Crippen LogP contribution in [0.1, 0.15) is 53.9 Å². The first kappa shape index (κ1) is 14.0. The minimum absolute atomic E-state index is 0.327. The van der Waals surface area contributed by atoms with Crippen molar-refractivity contribution in [3.05, 3.63) is 0 Å². The van der Waals surface area contributed by atoms with Gasteiger partial charge in [-0.2, -0.15) is 0 Å². The van der Waals surface area contributed by atoms with Crippen molar-refractivity contribution in [1.82, 2.24) is 10.2 Å². The molecular formula is C14H30N2. The van der Waals surface area contributed by atoms with E-state index >= 15 is 0 Å². The van der Waals surface area contributed by atoms with Crippen molar-refractivity contribution >= 4 is 0 Å². The summed E-state index contributed by atoms with van der Waals surface area (Å²) >= 11 is 0. The maximum Gasteiger partial charge on any atom is 0.0192 e. The van der Waals surface area contributed by atoms with E-state index in [1.807, 2.05) is 0 Å². The standard InChI is InChI=1S/C14H30N2/c1-13(2,3)11-14(4,5)16-9-7-8-12(10-16)15-6/h12,15H,7-11H2,1-6H3. The highest BCUT2D eigenvalue weighted by Crippen LogP contribution is 2.32. The Balaban J connectivity index is 2.60. The van der Waals surface area contributed by atoms with E-state index < -0.39 is 0 Å². The van der Waals surface area contributed by atoms with Gasteiger partial charge in [-0.1, -0.05) is 20.8 Å². The molecule has 1 aliphatic rings. The molecule has 1 heterocycles. The summed E-state index contributed by atoms with van der Waals surface area (Å²) in [6.07, 6.45) is 3.92. The zero-order chi connectivity index (χ0) is 12.4. The molecule has 0 bridgehead atoms. The Bertz CT molecular complexity index is 215. The van der Waals surface area contributed by atoms with Gasteiger partial charge in [0.15, 0.2) is 0 Å². The van der Waals surface area contributed by atoms with Gasteiger partial charge in [0, 0.05) is 18.1 Å². The van der Waals surface area contributed by atoms with Gasteiger partial charge in [0.25, 0.3) is 0 Å². The van der Waals surface area contributed by atoms with Gasteiger partial charge < -0.3 is 5.32 Å². The molecule has 1 fully saturated rings. The number of hydrogen-bond acceptors (Lipinski definition) is 2. The van der Waals surface area contributed by atoms with Crippen LogP contribution in [-0.4, -0.2) is 36.6 Å². The van der Waals surface area contributed by atoms with Crippen LogP contribution in [0.5, 0.6) is 0 Å². The lowest BCUT2D eigenvalue weighted by Gasteiger charge is -2.46. The molecule has 2 nitrogen and oxygen atoms in total. The van der Waals surface area contributed by atoms with Crippen LogP contribution in [0.3, 0.4) is 0 Å². The summed E-state index contributed by atoms with van der Waals surface area (Å²) in [5.41, 5.74) is 0.740. The van der Waals surface area contributed by atoms with E-state index in [-0.39, 0.29) is 0 Å². The van der Waals surface area contributed by atoms with Gasteiger partial charge in [-0.25, -0.2) is 0 Å². The second-order valence-electron chi connectivity index (χ2n) is 7.12. The normalized spacial score (nSPS) is 24.8. The molecule has 0 aliphatic carbocycles. The Kier molecular flexibility index (Phi) is 4.42. The zero-order valence-corrected chi connectivity index (χ0v) is 12.1. The van der Waals surface area contributed by atoms with Gasteiger partial charge in [-0.3, -0.25) is 4.90 Å². The summed E-state index contributed by atoms with van der Waals surface area (Å²) in [5, 5.41) is 3.43. The van der Waals surface area contributed by atoms with Gasteiger partial charge >= 0.3 is 0 Å². The minimum atomic E-state index is 0.327. The smallest absolute Gasteiger partial charge is 0.0192 e. The molecule has 0 spiro atoms. The Morgan fingerprint density at radius 2 is 1.81 bits per heavy atom. The highest BCUT2D eigenvalue weighted by atomic mass is 15.2. The van der Waals surface area contributed by atoms with Crippen LogP contribution in [0.25, 0.3) is 0 Å². The monoisotopic (exact) mass is 226 g/mol. The first-order valence-corrected chi connectivity index (χ1v) is 6.67. The van der Waals surface area contributed by atoms with Crippen LogP contribution in [0.2, 0.25) is 0 Å². The first-order valence-electron chi connectivity index (χ1n) is 6.67. The number of nitrogens with zero attached hydrogens (tertiary/aromatic N) is 1. The number of likely N-dealkylation sites (N-methyl/N-ethyl adjacent to an activating group) is 1.